The second-order valence-electron chi connectivity index (χ2n) is 6.28. The van der Waals surface area contributed by atoms with Gasteiger partial charge in [0, 0.05) is 25.2 Å². The maximum absolute atomic E-state index is 3.71. The lowest BCUT2D eigenvalue weighted by atomic mass is 9.95. The van der Waals surface area contributed by atoms with E-state index in [0.717, 1.165) is 18.4 Å². The van der Waals surface area contributed by atoms with Crippen LogP contribution < -0.4 is 5.32 Å². The zero-order chi connectivity index (χ0) is 12.8. The minimum atomic E-state index is 0.704. The van der Waals surface area contributed by atoms with Crippen molar-refractivity contribution in [2.45, 2.75) is 66.0 Å². The lowest BCUT2D eigenvalue weighted by molar-refractivity contribution is 0.115. The molecule has 2 nitrogen and oxygen atoms in total. The summed E-state index contributed by atoms with van der Waals surface area (Å²) < 4.78 is 0. The van der Waals surface area contributed by atoms with E-state index in [2.05, 4.69) is 44.8 Å². The van der Waals surface area contributed by atoms with Crippen LogP contribution in [0.4, 0.5) is 0 Å². The Kier molecular flexibility index (Phi) is 6.50. The van der Waals surface area contributed by atoms with Crippen molar-refractivity contribution in [3.63, 3.8) is 0 Å². The predicted molar refractivity (Wildman–Crippen MR) is 76.4 cm³/mol. The van der Waals surface area contributed by atoms with E-state index >= 15 is 0 Å². The summed E-state index contributed by atoms with van der Waals surface area (Å²) in [6, 6.07) is 1.41. The van der Waals surface area contributed by atoms with Crippen LogP contribution in [0, 0.1) is 11.8 Å². The second kappa shape index (κ2) is 7.38. The molecule has 0 bridgehead atoms. The molecule has 3 unspecified atom stereocenters. The lowest BCUT2D eigenvalue weighted by Gasteiger charge is -2.41. The third-order valence-electron chi connectivity index (χ3n) is 4.29. The average Bonchev–Trinajstić information content (AvgIpc) is 2.30. The molecule has 0 amide bonds. The molecule has 0 aromatic heterocycles. The summed E-state index contributed by atoms with van der Waals surface area (Å²) in [7, 11) is 0. The first kappa shape index (κ1) is 15.0. The molecule has 2 heteroatoms. The highest BCUT2D eigenvalue weighted by Gasteiger charge is 2.27. The highest BCUT2D eigenvalue weighted by Crippen LogP contribution is 2.16. The van der Waals surface area contributed by atoms with Gasteiger partial charge in [-0.05, 0) is 38.1 Å². The maximum atomic E-state index is 3.71. The molecule has 1 rings (SSSR count). The Bertz CT molecular complexity index is 203. The fourth-order valence-corrected chi connectivity index (χ4v) is 2.63. The molecule has 17 heavy (non-hydrogen) atoms. The van der Waals surface area contributed by atoms with Crippen molar-refractivity contribution in [2.24, 2.45) is 11.8 Å². The third kappa shape index (κ3) is 4.97. The molecule has 0 spiro atoms. The molecular formula is C15H32N2. The van der Waals surface area contributed by atoms with E-state index in [-0.39, 0.29) is 0 Å². The number of hydrogen-bond donors (Lipinski definition) is 1. The van der Waals surface area contributed by atoms with Gasteiger partial charge in [-0.2, -0.15) is 0 Å². The number of rotatable bonds is 6. The number of piperazine rings is 1. The molecule has 1 fully saturated rings. The van der Waals surface area contributed by atoms with Crippen LogP contribution in [0.1, 0.15) is 53.9 Å². The quantitative estimate of drug-likeness (QED) is 0.767. The second-order valence-corrected chi connectivity index (χ2v) is 6.28. The van der Waals surface area contributed by atoms with Crippen molar-refractivity contribution in [1.82, 2.24) is 10.2 Å². The van der Waals surface area contributed by atoms with E-state index in [1.807, 2.05) is 0 Å². The molecule has 1 saturated heterocycles. The van der Waals surface area contributed by atoms with Crippen molar-refractivity contribution in [3.8, 4) is 0 Å². The van der Waals surface area contributed by atoms with Gasteiger partial charge in [0.05, 0.1) is 0 Å². The van der Waals surface area contributed by atoms with Crippen molar-refractivity contribution in [3.05, 3.63) is 0 Å². The summed E-state index contributed by atoms with van der Waals surface area (Å²) in [6.45, 7) is 15.4. The van der Waals surface area contributed by atoms with Crippen LogP contribution in [0.25, 0.3) is 0 Å². The van der Waals surface area contributed by atoms with Gasteiger partial charge >= 0.3 is 0 Å². The lowest BCUT2D eigenvalue weighted by Crippen LogP contribution is -2.57. The zero-order valence-corrected chi connectivity index (χ0v) is 12.5. The van der Waals surface area contributed by atoms with Gasteiger partial charge in [0.2, 0.25) is 0 Å². The minimum Gasteiger partial charge on any atom is -0.311 e. The molecule has 1 aliphatic rings. The van der Waals surface area contributed by atoms with Gasteiger partial charge in [-0.15, -0.1) is 0 Å². The highest BCUT2D eigenvalue weighted by molar-refractivity contribution is 4.86. The summed E-state index contributed by atoms with van der Waals surface area (Å²) in [5.41, 5.74) is 0. The van der Waals surface area contributed by atoms with Crippen LogP contribution in [-0.2, 0) is 0 Å². The smallest absolute Gasteiger partial charge is 0.0221 e. The molecule has 0 aromatic carbocycles. The molecule has 1 heterocycles. The monoisotopic (exact) mass is 240 g/mol. The molecule has 0 aliphatic carbocycles. The van der Waals surface area contributed by atoms with Gasteiger partial charge in [0.1, 0.15) is 0 Å². The first-order chi connectivity index (χ1) is 8.04. The number of nitrogens with one attached hydrogen (secondary N) is 1. The van der Waals surface area contributed by atoms with Gasteiger partial charge < -0.3 is 5.32 Å². The number of hydrogen-bond acceptors (Lipinski definition) is 2. The Morgan fingerprint density at radius 3 is 2.59 bits per heavy atom. The summed E-state index contributed by atoms with van der Waals surface area (Å²) in [5, 5.41) is 3.71. The Morgan fingerprint density at radius 2 is 2.00 bits per heavy atom. The fourth-order valence-electron chi connectivity index (χ4n) is 2.63. The summed E-state index contributed by atoms with van der Waals surface area (Å²) in [6.07, 6.45) is 4.01. The first-order valence-corrected chi connectivity index (χ1v) is 7.52. The Balaban J connectivity index is 2.35. The van der Waals surface area contributed by atoms with Crippen molar-refractivity contribution < 1.29 is 0 Å². The third-order valence-corrected chi connectivity index (χ3v) is 4.29. The summed E-state index contributed by atoms with van der Waals surface area (Å²) in [4.78, 5) is 2.69. The SMILES string of the molecule is CCC(C)C1CN(CCCC(C)C)C(C)CN1. The van der Waals surface area contributed by atoms with Gasteiger partial charge in [-0.1, -0.05) is 34.1 Å². The van der Waals surface area contributed by atoms with Crippen LogP contribution in [0.3, 0.4) is 0 Å². The molecule has 1 aliphatic heterocycles. The molecular weight excluding hydrogens is 208 g/mol. The van der Waals surface area contributed by atoms with Crippen LogP contribution in [0.15, 0.2) is 0 Å². The van der Waals surface area contributed by atoms with Crippen molar-refractivity contribution in [2.75, 3.05) is 19.6 Å². The van der Waals surface area contributed by atoms with Crippen molar-refractivity contribution >= 4 is 0 Å². The first-order valence-electron chi connectivity index (χ1n) is 7.52. The van der Waals surface area contributed by atoms with Crippen LogP contribution in [-0.4, -0.2) is 36.6 Å². The van der Waals surface area contributed by atoms with Crippen LogP contribution in [0.5, 0.6) is 0 Å². The highest BCUT2D eigenvalue weighted by atomic mass is 15.2. The normalized spacial score (nSPS) is 28.6. The molecule has 0 aromatic rings. The Hall–Kier alpha value is -0.0800. The molecule has 102 valence electrons. The maximum Gasteiger partial charge on any atom is 0.0221 e. The largest absolute Gasteiger partial charge is 0.311 e. The average molecular weight is 240 g/mol. The van der Waals surface area contributed by atoms with E-state index in [0.29, 0.717) is 12.1 Å². The molecule has 1 N–H and O–H groups in total. The minimum absolute atomic E-state index is 0.704. The summed E-state index contributed by atoms with van der Waals surface area (Å²) in [5.74, 6) is 1.65. The van der Waals surface area contributed by atoms with Crippen LogP contribution >= 0.6 is 0 Å². The van der Waals surface area contributed by atoms with E-state index in [1.54, 1.807) is 0 Å². The van der Waals surface area contributed by atoms with Crippen molar-refractivity contribution in [1.29, 1.82) is 0 Å². The van der Waals surface area contributed by atoms with Crippen LogP contribution in [0.2, 0.25) is 0 Å². The Labute approximate surface area is 108 Å². The Morgan fingerprint density at radius 1 is 1.29 bits per heavy atom. The van der Waals surface area contributed by atoms with E-state index < -0.39 is 0 Å². The van der Waals surface area contributed by atoms with Gasteiger partial charge in [-0.3, -0.25) is 4.90 Å². The summed E-state index contributed by atoms with van der Waals surface area (Å²) >= 11 is 0. The molecule has 0 saturated carbocycles. The van der Waals surface area contributed by atoms with E-state index in [1.165, 1.54) is 32.4 Å². The van der Waals surface area contributed by atoms with E-state index in [4.69, 9.17) is 0 Å². The fraction of sp³-hybridized carbons (Fsp3) is 1.00. The number of nitrogens with zero attached hydrogens (tertiary/aromatic N) is 1. The molecule has 3 atom stereocenters. The van der Waals surface area contributed by atoms with E-state index in [9.17, 15) is 0 Å². The van der Waals surface area contributed by atoms with Gasteiger partial charge in [-0.25, -0.2) is 0 Å². The topological polar surface area (TPSA) is 15.3 Å². The van der Waals surface area contributed by atoms with Gasteiger partial charge in [0.15, 0.2) is 0 Å². The zero-order valence-electron chi connectivity index (χ0n) is 12.5. The standard InChI is InChI=1S/C15H32N2/c1-6-13(4)15-11-17(14(5)10-16-15)9-7-8-12(2)3/h12-16H,6-11H2,1-5H3. The molecule has 0 radical (unpaired) electrons. The van der Waals surface area contributed by atoms with Gasteiger partial charge in [0.25, 0.3) is 0 Å². The predicted octanol–water partition coefficient (Wildman–Crippen LogP) is 3.13.